The fraction of sp³-hybridized carbons (Fsp3) is 0.0526. The molecule has 10 aromatic carbocycles. The Labute approximate surface area is 340 Å². The van der Waals surface area contributed by atoms with Gasteiger partial charge in [0.05, 0.1) is 0 Å². The minimum absolute atomic E-state index is 0.155. The quantitative estimate of drug-likeness (QED) is 0.164. The molecule has 1 heteroatoms. The maximum absolute atomic E-state index is 2.45. The SMILES string of the molecule is CC1(C)c2ccc(-c3ccc(N(c4ccc(-c5ccccc5)cc4)c4ccc5ccccc5c4)cc3)cc2-c2c(-c3cccc4ccccc34)ccc3cccc1c23. The van der Waals surface area contributed by atoms with Crippen molar-refractivity contribution in [2.24, 2.45) is 0 Å². The van der Waals surface area contributed by atoms with Crippen LogP contribution in [-0.2, 0) is 5.41 Å². The predicted molar refractivity (Wildman–Crippen MR) is 248 cm³/mol. The number of hydrogen-bond acceptors (Lipinski definition) is 1. The van der Waals surface area contributed by atoms with Crippen molar-refractivity contribution >= 4 is 49.4 Å². The van der Waals surface area contributed by atoms with Gasteiger partial charge in [0.15, 0.2) is 0 Å². The number of hydrogen-bond donors (Lipinski definition) is 0. The van der Waals surface area contributed by atoms with E-state index in [0.717, 1.165) is 17.1 Å². The molecule has 1 aliphatic rings. The summed E-state index contributed by atoms with van der Waals surface area (Å²) in [5.74, 6) is 0. The predicted octanol–water partition coefficient (Wildman–Crippen LogP) is 15.9. The highest BCUT2D eigenvalue weighted by atomic mass is 15.1. The first-order valence-corrected chi connectivity index (χ1v) is 20.3. The van der Waals surface area contributed by atoms with Crippen LogP contribution in [0.1, 0.15) is 25.0 Å². The van der Waals surface area contributed by atoms with Crippen molar-refractivity contribution < 1.29 is 0 Å². The number of nitrogens with zero attached hydrogens (tertiary/aromatic N) is 1. The van der Waals surface area contributed by atoms with Crippen LogP contribution >= 0.6 is 0 Å². The molecule has 0 saturated carbocycles. The molecule has 1 nitrogen and oxygen atoms in total. The zero-order chi connectivity index (χ0) is 38.8. The van der Waals surface area contributed by atoms with E-state index in [4.69, 9.17) is 0 Å². The summed E-state index contributed by atoms with van der Waals surface area (Å²) in [5, 5.41) is 7.65. The molecule has 0 saturated heterocycles. The van der Waals surface area contributed by atoms with Gasteiger partial charge in [0.2, 0.25) is 0 Å². The van der Waals surface area contributed by atoms with Crippen LogP contribution in [0.4, 0.5) is 17.1 Å². The Morgan fingerprint density at radius 3 is 1.67 bits per heavy atom. The third-order valence-electron chi connectivity index (χ3n) is 12.4. The minimum atomic E-state index is -0.155. The van der Waals surface area contributed by atoms with Crippen LogP contribution in [0.5, 0.6) is 0 Å². The average molecular weight is 740 g/mol. The Kier molecular flexibility index (Phi) is 7.91. The molecule has 0 fully saturated rings. The van der Waals surface area contributed by atoms with Crippen LogP contribution in [0.15, 0.2) is 212 Å². The molecule has 0 aliphatic heterocycles. The molecule has 58 heavy (non-hydrogen) atoms. The second-order valence-electron chi connectivity index (χ2n) is 16.1. The molecule has 0 amide bonds. The summed E-state index contributed by atoms with van der Waals surface area (Å²) >= 11 is 0. The Bertz CT molecular complexity index is 3170. The van der Waals surface area contributed by atoms with Gasteiger partial charge in [-0.1, -0.05) is 184 Å². The molecule has 1 aliphatic carbocycles. The van der Waals surface area contributed by atoms with Crippen molar-refractivity contribution in [1.29, 1.82) is 0 Å². The van der Waals surface area contributed by atoms with E-state index in [1.807, 2.05) is 0 Å². The van der Waals surface area contributed by atoms with Gasteiger partial charge in [-0.2, -0.15) is 0 Å². The molecule has 0 bridgehead atoms. The Morgan fingerprint density at radius 1 is 0.328 bits per heavy atom. The smallest absolute Gasteiger partial charge is 0.0468 e. The molecule has 0 radical (unpaired) electrons. The van der Waals surface area contributed by atoms with Crippen molar-refractivity contribution in [3.8, 4) is 44.5 Å². The summed E-state index contributed by atoms with van der Waals surface area (Å²) in [6, 6.07) is 78.1. The van der Waals surface area contributed by atoms with E-state index in [9.17, 15) is 0 Å². The molecule has 0 heterocycles. The van der Waals surface area contributed by atoms with Gasteiger partial charge >= 0.3 is 0 Å². The van der Waals surface area contributed by atoms with Gasteiger partial charge in [-0.05, 0) is 130 Å². The van der Waals surface area contributed by atoms with Crippen molar-refractivity contribution in [1.82, 2.24) is 0 Å². The van der Waals surface area contributed by atoms with Crippen LogP contribution in [0.3, 0.4) is 0 Å². The summed E-state index contributed by atoms with van der Waals surface area (Å²) in [7, 11) is 0. The van der Waals surface area contributed by atoms with E-state index in [1.165, 1.54) is 88.0 Å². The van der Waals surface area contributed by atoms with Gasteiger partial charge in [-0.15, -0.1) is 0 Å². The van der Waals surface area contributed by atoms with Crippen LogP contribution < -0.4 is 4.90 Å². The zero-order valence-corrected chi connectivity index (χ0v) is 32.7. The van der Waals surface area contributed by atoms with E-state index in [1.54, 1.807) is 0 Å². The molecular formula is C57H41N. The first kappa shape index (κ1) is 34.1. The second kappa shape index (κ2) is 13.5. The van der Waals surface area contributed by atoms with E-state index in [2.05, 4.69) is 231 Å². The van der Waals surface area contributed by atoms with Gasteiger partial charge < -0.3 is 4.90 Å². The van der Waals surface area contributed by atoms with Gasteiger partial charge in [0.1, 0.15) is 0 Å². The molecule has 0 unspecified atom stereocenters. The third kappa shape index (κ3) is 5.54. The molecule has 0 N–H and O–H groups in total. The Balaban J connectivity index is 1.04. The summed E-state index contributed by atoms with van der Waals surface area (Å²) in [6.07, 6.45) is 0. The first-order chi connectivity index (χ1) is 28.5. The molecule has 10 aromatic rings. The fourth-order valence-electron chi connectivity index (χ4n) is 9.48. The topological polar surface area (TPSA) is 3.24 Å². The molecular weight excluding hydrogens is 699 g/mol. The van der Waals surface area contributed by atoms with E-state index in [-0.39, 0.29) is 5.41 Å². The van der Waals surface area contributed by atoms with E-state index in [0.29, 0.717) is 0 Å². The normalized spacial score (nSPS) is 12.8. The monoisotopic (exact) mass is 739 g/mol. The zero-order valence-electron chi connectivity index (χ0n) is 32.7. The van der Waals surface area contributed by atoms with E-state index >= 15 is 0 Å². The fourth-order valence-corrected chi connectivity index (χ4v) is 9.48. The number of benzene rings is 10. The lowest BCUT2D eigenvalue weighted by Crippen LogP contribution is -2.24. The summed E-state index contributed by atoms with van der Waals surface area (Å²) in [5.41, 5.74) is 16.0. The van der Waals surface area contributed by atoms with Crippen LogP contribution in [0, 0.1) is 0 Å². The first-order valence-electron chi connectivity index (χ1n) is 20.3. The number of rotatable bonds is 6. The average Bonchev–Trinajstić information content (AvgIpc) is 3.28. The molecule has 0 spiro atoms. The van der Waals surface area contributed by atoms with Gasteiger partial charge in [0, 0.05) is 22.5 Å². The standard InChI is InChI=1S/C57H41N/c1-57(2)53-35-28-45(37-52(53)56-51(34-27-43-18-11-21-54(57)55(43)56)50-20-10-17-42-15-8-9-19-49(42)50)41-24-31-47(32-25-41)58(48-33-26-39-14-6-7-16-44(39)36-48)46-29-22-40(23-30-46)38-12-4-3-5-13-38/h3-37H,1-2H3. The van der Waals surface area contributed by atoms with Crippen molar-refractivity contribution in [2.45, 2.75) is 19.3 Å². The van der Waals surface area contributed by atoms with Crippen molar-refractivity contribution in [3.63, 3.8) is 0 Å². The van der Waals surface area contributed by atoms with Crippen molar-refractivity contribution in [2.75, 3.05) is 4.90 Å². The Hall–Kier alpha value is -7.22. The van der Waals surface area contributed by atoms with Gasteiger partial charge in [0.25, 0.3) is 0 Å². The highest BCUT2D eigenvalue weighted by Crippen LogP contribution is 2.53. The highest BCUT2D eigenvalue weighted by molar-refractivity contribution is 6.12. The van der Waals surface area contributed by atoms with E-state index < -0.39 is 0 Å². The van der Waals surface area contributed by atoms with Gasteiger partial charge in [-0.25, -0.2) is 0 Å². The second-order valence-corrected chi connectivity index (χ2v) is 16.1. The molecule has 274 valence electrons. The largest absolute Gasteiger partial charge is 0.310 e. The summed E-state index contributed by atoms with van der Waals surface area (Å²) in [6.45, 7) is 4.77. The third-order valence-corrected chi connectivity index (χ3v) is 12.4. The molecule has 0 aromatic heterocycles. The molecule has 0 atom stereocenters. The van der Waals surface area contributed by atoms with Gasteiger partial charge in [-0.3, -0.25) is 0 Å². The van der Waals surface area contributed by atoms with Crippen LogP contribution in [0.25, 0.3) is 76.8 Å². The molecule has 11 rings (SSSR count). The Morgan fingerprint density at radius 2 is 0.897 bits per heavy atom. The van der Waals surface area contributed by atoms with Crippen molar-refractivity contribution in [3.05, 3.63) is 223 Å². The minimum Gasteiger partial charge on any atom is -0.310 e. The maximum Gasteiger partial charge on any atom is 0.0468 e. The number of fused-ring (bicyclic) bond motifs is 4. The lowest BCUT2D eigenvalue weighted by Gasteiger charge is -2.36. The maximum atomic E-state index is 2.45. The number of anilines is 3. The van der Waals surface area contributed by atoms with Crippen LogP contribution in [0.2, 0.25) is 0 Å². The summed E-state index contributed by atoms with van der Waals surface area (Å²) < 4.78 is 0. The summed E-state index contributed by atoms with van der Waals surface area (Å²) in [4.78, 5) is 2.37. The lowest BCUT2D eigenvalue weighted by atomic mass is 9.67. The highest BCUT2D eigenvalue weighted by Gasteiger charge is 2.35. The lowest BCUT2D eigenvalue weighted by molar-refractivity contribution is 0.645. The van der Waals surface area contributed by atoms with Crippen LogP contribution in [-0.4, -0.2) is 0 Å².